The molecule has 2 rings (SSSR count). The van der Waals surface area contributed by atoms with Crippen molar-refractivity contribution in [3.05, 3.63) is 23.8 Å². The first-order valence-corrected chi connectivity index (χ1v) is 7.99. The first kappa shape index (κ1) is 14.8. The lowest BCUT2D eigenvalue weighted by molar-refractivity contribution is -0.108. The molecule has 1 aromatic rings. The molecular formula is C13H18N2O4S. The van der Waals surface area contributed by atoms with Crippen LogP contribution in [0.5, 0.6) is 5.75 Å². The number of aryl methyl sites for hydroxylation is 1. The molecule has 1 saturated heterocycles. The number of rotatable bonds is 5. The fraction of sp³-hybridized carbons (Fsp3) is 0.462. The van der Waals surface area contributed by atoms with Crippen molar-refractivity contribution < 1.29 is 18.3 Å². The van der Waals surface area contributed by atoms with Gasteiger partial charge in [-0.25, -0.2) is 0 Å². The van der Waals surface area contributed by atoms with Gasteiger partial charge in [-0.05, 0) is 30.5 Å². The highest BCUT2D eigenvalue weighted by Gasteiger charge is 2.36. The minimum absolute atomic E-state index is 0.00335. The summed E-state index contributed by atoms with van der Waals surface area (Å²) in [7, 11) is -3.77. The molecule has 0 radical (unpaired) electrons. The number of carbonyl (C=O) groups excluding carboxylic acids is 1. The van der Waals surface area contributed by atoms with E-state index in [2.05, 4.69) is 11.6 Å². The summed E-state index contributed by atoms with van der Waals surface area (Å²) in [5.41, 5.74) is 1.18. The molecule has 0 saturated carbocycles. The molecule has 0 aliphatic carbocycles. The van der Waals surface area contributed by atoms with Crippen molar-refractivity contribution in [2.75, 3.05) is 10.8 Å². The molecule has 1 aromatic carbocycles. The standard InChI is InChI=1S/C13H18N2O4S/c1-2-3-4-10-5-6-13(17)12(7-10)15-8-11(9-16)14-20(15,18)19/h5-7,9,11,14,17H,2-4,8H2,1H3. The van der Waals surface area contributed by atoms with Crippen molar-refractivity contribution in [1.29, 1.82) is 0 Å². The number of phenols is 1. The number of unbranched alkanes of at least 4 members (excludes halogenated alkanes) is 1. The van der Waals surface area contributed by atoms with Crippen LogP contribution < -0.4 is 9.03 Å². The molecule has 7 heteroatoms. The number of phenolic OH excluding ortho intramolecular Hbond substituents is 1. The first-order chi connectivity index (χ1) is 9.47. The predicted octanol–water partition coefficient (Wildman–Crippen LogP) is 0.957. The van der Waals surface area contributed by atoms with Gasteiger partial charge in [-0.2, -0.15) is 13.1 Å². The molecule has 110 valence electrons. The van der Waals surface area contributed by atoms with E-state index in [0.717, 1.165) is 29.1 Å². The molecule has 1 aliphatic rings. The third-order valence-corrected chi connectivity index (χ3v) is 4.77. The lowest BCUT2D eigenvalue weighted by atomic mass is 10.1. The largest absolute Gasteiger partial charge is 0.506 e. The second kappa shape index (κ2) is 5.80. The third-order valence-electron chi connectivity index (χ3n) is 3.24. The molecule has 0 aromatic heterocycles. The van der Waals surface area contributed by atoms with Crippen LogP contribution >= 0.6 is 0 Å². The Morgan fingerprint density at radius 1 is 1.50 bits per heavy atom. The van der Waals surface area contributed by atoms with E-state index in [1.165, 1.54) is 6.07 Å². The van der Waals surface area contributed by atoms with Crippen LogP contribution in [0.3, 0.4) is 0 Å². The Morgan fingerprint density at radius 2 is 2.25 bits per heavy atom. The van der Waals surface area contributed by atoms with Crippen molar-refractivity contribution >= 4 is 22.2 Å². The Labute approximate surface area is 118 Å². The molecule has 0 amide bonds. The van der Waals surface area contributed by atoms with Crippen LogP contribution in [-0.2, 0) is 21.4 Å². The highest BCUT2D eigenvalue weighted by Crippen LogP contribution is 2.32. The summed E-state index contributed by atoms with van der Waals surface area (Å²) >= 11 is 0. The summed E-state index contributed by atoms with van der Waals surface area (Å²) in [6.07, 6.45) is 3.40. The summed E-state index contributed by atoms with van der Waals surface area (Å²) in [5, 5.41) is 9.89. The van der Waals surface area contributed by atoms with Gasteiger partial charge in [-0.3, -0.25) is 4.31 Å². The number of hydrogen-bond acceptors (Lipinski definition) is 4. The molecule has 1 atom stereocenters. The summed E-state index contributed by atoms with van der Waals surface area (Å²) < 4.78 is 27.2. The van der Waals surface area contributed by atoms with Crippen molar-refractivity contribution in [2.45, 2.75) is 32.2 Å². The van der Waals surface area contributed by atoms with Crippen LogP contribution in [0.25, 0.3) is 0 Å². The lowest BCUT2D eigenvalue weighted by Gasteiger charge is -2.18. The molecule has 20 heavy (non-hydrogen) atoms. The minimum atomic E-state index is -3.77. The van der Waals surface area contributed by atoms with Gasteiger partial charge in [0.25, 0.3) is 0 Å². The third kappa shape index (κ3) is 2.94. The van der Waals surface area contributed by atoms with Crippen LogP contribution in [0.15, 0.2) is 18.2 Å². The second-order valence-electron chi connectivity index (χ2n) is 4.82. The van der Waals surface area contributed by atoms with Gasteiger partial charge in [-0.15, -0.1) is 0 Å². The molecule has 2 N–H and O–H groups in total. The van der Waals surface area contributed by atoms with E-state index < -0.39 is 16.3 Å². The smallest absolute Gasteiger partial charge is 0.302 e. The number of benzene rings is 1. The zero-order valence-corrected chi connectivity index (χ0v) is 12.1. The average molecular weight is 298 g/mol. The van der Waals surface area contributed by atoms with Gasteiger partial charge >= 0.3 is 10.2 Å². The maximum Gasteiger partial charge on any atom is 0.302 e. The number of aldehydes is 1. The Bertz CT molecular complexity index is 600. The van der Waals surface area contributed by atoms with Crippen LogP contribution in [0.1, 0.15) is 25.3 Å². The van der Waals surface area contributed by atoms with Gasteiger partial charge in [-0.1, -0.05) is 19.4 Å². The normalized spacial score (nSPS) is 21.1. The molecule has 1 fully saturated rings. The average Bonchev–Trinajstić information content (AvgIpc) is 2.73. The van der Waals surface area contributed by atoms with Gasteiger partial charge in [0.05, 0.1) is 18.3 Å². The first-order valence-electron chi connectivity index (χ1n) is 6.55. The van der Waals surface area contributed by atoms with Crippen LogP contribution in [0.4, 0.5) is 5.69 Å². The molecule has 1 heterocycles. The lowest BCUT2D eigenvalue weighted by Crippen LogP contribution is -2.30. The molecular weight excluding hydrogens is 280 g/mol. The van der Waals surface area contributed by atoms with E-state index in [1.54, 1.807) is 12.1 Å². The SMILES string of the molecule is CCCCc1ccc(O)c(N2CC(C=O)NS2(=O)=O)c1. The Hall–Kier alpha value is -1.60. The fourth-order valence-corrected chi connectivity index (χ4v) is 3.57. The molecule has 1 unspecified atom stereocenters. The minimum Gasteiger partial charge on any atom is -0.506 e. The topological polar surface area (TPSA) is 86.7 Å². The Kier molecular flexibility index (Phi) is 4.29. The number of nitrogens with one attached hydrogen (secondary N) is 1. The van der Waals surface area contributed by atoms with Crippen molar-refractivity contribution in [3.63, 3.8) is 0 Å². The Balaban J connectivity index is 2.34. The van der Waals surface area contributed by atoms with Crippen molar-refractivity contribution in [1.82, 2.24) is 4.72 Å². The van der Waals surface area contributed by atoms with Gasteiger partial charge in [0, 0.05) is 0 Å². The second-order valence-corrected chi connectivity index (χ2v) is 6.45. The van der Waals surface area contributed by atoms with E-state index >= 15 is 0 Å². The summed E-state index contributed by atoms with van der Waals surface area (Å²) in [6, 6.07) is 4.15. The highest BCUT2D eigenvalue weighted by molar-refractivity contribution is 7.91. The maximum atomic E-state index is 12.0. The summed E-state index contributed by atoms with van der Waals surface area (Å²) in [6.45, 7) is 2.07. The van der Waals surface area contributed by atoms with Crippen LogP contribution in [0.2, 0.25) is 0 Å². The number of hydrogen-bond donors (Lipinski definition) is 2. The van der Waals surface area contributed by atoms with E-state index in [1.807, 2.05) is 0 Å². The van der Waals surface area contributed by atoms with Crippen LogP contribution in [-0.4, -0.2) is 32.4 Å². The Morgan fingerprint density at radius 3 is 2.85 bits per heavy atom. The summed E-state index contributed by atoms with van der Waals surface area (Å²) in [4.78, 5) is 10.7. The fourth-order valence-electron chi connectivity index (χ4n) is 2.17. The zero-order valence-electron chi connectivity index (χ0n) is 11.2. The van der Waals surface area contributed by atoms with Gasteiger partial charge in [0.1, 0.15) is 12.0 Å². The van der Waals surface area contributed by atoms with Gasteiger partial charge in [0.15, 0.2) is 0 Å². The molecule has 6 nitrogen and oxygen atoms in total. The number of anilines is 1. The maximum absolute atomic E-state index is 12.0. The number of aromatic hydroxyl groups is 1. The van der Waals surface area contributed by atoms with Crippen LogP contribution in [0, 0.1) is 0 Å². The van der Waals surface area contributed by atoms with Gasteiger partial charge < -0.3 is 9.90 Å². The van der Waals surface area contributed by atoms with E-state index in [-0.39, 0.29) is 18.0 Å². The van der Waals surface area contributed by atoms with Crippen molar-refractivity contribution in [3.8, 4) is 5.75 Å². The van der Waals surface area contributed by atoms with E-state index in [4.69, 9.17) is 0 Å². The molecule has 0 bridgehead atoms. The number of nitrogens with zero attached hydrogens (tertiary/aromatic N) is 1. The quantitative estimate of drug-likeness (QED) is 0.793. The summed E-state index contributed by atoms with van der Waals surface area (Å²) in [5.74, 6) is -0.109. The number of carbonyl (C=O) groups is 1. The highest BCUT2D eigenvalue weighted by atomic mass is 32.2. The van der Waals surface area contributed by atoms with Gasteiger partial charge in [0.2, 0.25) is 0 Å². The van der Waals surface area contributed by atoms with Crippen molar-refractivity contribution in [2.24, 2.45) is 0 Å². The van der Waals surface area contributed by atoms with E-state index in [9.17, 15) is 18.3 Å². The zero-order chi connectivity index (χ0) is 14.8. The molecule has 1 aliphatic heterocycles. The monoisotopic (exact) mass is 298 g/mol. The predicted molar refractivity (Wildman–Crippen MR) is 76.0 cm³/mol. The van der Waals surface area contributed by atoms with E-state index in [0.29, 0.717) is 6.29 Å². The molecule has 0 spiro atoms.